The van der Waals surface area contributed by atoms with E-state index in [-0.39, 0.29) is 41.3 Å². The number of carbonyl (C=O) groups excluding carboxylic acids is 2. The molecule has 258 valence electrons. The maximum atomic E-state index is 11.9. The van der Waals surface area contributed by atoms with Crippen LogP contribution in [0.1, 0.15) is 49.9 Å². The minimum absolute atomic E-state index is 0.0119. The van der Waals surface area contributed by atoms with Gasteiger partial charge in [-0.2, -0.15) is 0 Å². The van der Waals surface area contributed by atoms with Crippen molar-refractivity contribution in [2.24, 2.45) is 17.8 Å². The third-order valence-corrected chi connectivity index (χ3v) is 10.9. The molecule has 2 aliphatic heterocycles. The van der Waals surface area contributed by atoms with E-state index >= 15 is 0 Å². The minimum atomic E-state index is -0.781. The average molecular weight is 669 g/mol. The molecule has 7 atom stereocenters. The summed E-state index contributed by atoms with van der Waals surface area (Å²) in [5.74, 6) is 0.872. The Morgan fingerprint density at radius 2 is 1.67 bits per heavy atom. The Kier molecular flexibility index (Phi) is 13.2. The Labute approximate surface area is 273 Å². The summed E-state index contributed by atoms with van der Waals surface area (Å²) in [5.41, 5.74) is 2.11. The standard InChI is InChI=1S/C30H48N6O9S/c1-31-30(40)45-18-21-19-6-8-22-23(9-7-20(19)21)36(35-34-22)10-11-41-12-13-42-14-15-43-16-17-44-28-27-26(32-29(39)33-27)24(46-28)4-2-3-5-25(37)38/h19-21,24,26-28H,2-18H2,1H3,(H,31,40)(H,37,38)(H2,32,33,39)/t19?,20?,21?,24-,26-,27-,28-/m1/s1. The number of amides is 3. The van der Waals surface area contributed by atoms with Crippen LogP contribution in [0, 0.1) is 17.8 Å². The molecule has 1 aromatic rings. The summed E-state index contributed by atoms with van der Waals surface area (Å²) in [6.45, 7) is 4.36. The lowest BCUT2D eigenvalue weighted by atomic mass is 10.0. The summed E-state index contributed by atoms with van der Waals surface area (Å²) >= 11 is 1.69. The van der Waals surface area contributed by atoms with Gasteiger partial charge in [0.1, 0.15) is 5.44 Å². The van der Waals surface area contributed by atoms with Crippen molar-refractivity contribution in [2.75, 3.05) is 59.9 Å². The predicted molar refractivity (Wildman–Crippen MR) is 166 cm³/mol. The first-order chi connectivity index (χ1) is 22.4. The highest BCUT2D eigenvalue weighted by molar-refractivity contribution is 8.00. The topological polar surface area (TPSA) is 184 Å². The Hall–Kier alpha value is -2.66. The van der Waals surface area contributed by atoms with Crippen molar-refractivity contribution in [1.29, 1.82) is 0 Å². The Morgan fingerprint density at radius 1 is 0.978 bits per heavy atom. The molecule has 3 fully saturated rings. The molecule has 0 aromatic carbocycles. The van der Waals surface area contributed by atoms with Crippen LogP contribution in [0.25, 0.3) is 0 Å². The number of carboxylic acids is 1. The molecular formula is C30H48N6O9S. The van der Waals surface area contributed by atoms with E-state index in [2.05, 4.69) is 26.3 Å². The van der Waals surface area contributed by atoms with E-state index in [1.165, 1.54) is 5.69 Å². The molecule has 15 nitrogen and oxygen atoms in total. The van der Waals surface area contributed by atoms with E-state index in [4.69, 9.17) is 28.8 Å². The summed E-state index contributed by atoms with van der Waals surface area (Å²) < 4.78 is 30.3. The number of fused-ring (bicyclic) bond motifs is 3. The van der Waals surface area contributed by atoms with Crippen LogP contribution in [0.4, 0.5) is 9.59 Å². The van der Waals surface area contributed by atoms with Crippen LogP contribution in [0.2, 0.25) is 0 Å². The van der Waals surface area contributed by atoms with E-state index in [9.17, 15) is 14.4 Å². The Bertz CT molecular complexity index is 1160. The van der Waals surface area contributed by atoms with Crippen molar-refractivity contribution in [3.8, 4) is 0 Å². The number of hydrogen-bond acceptors (Lipinski definition) is 11. The zero-order valence-electron chi connectivity index (χ0n) is 26.5. The van der Waals surface area contributed by atoms with Crippen molar-refractivity contribution < 1.29 is 43.2 Å². The fourth-order valence-corrected chi connectivity index (χ4v) is 8.49. The van der Waals surface area contributed by atoms with Crippen molar-refractivity contribution in [2.45, 2.75) is 80.7 Å². The minimum Gasteiger partial charge on any atom is -0.481 e. The van der Waals surface area contributed by atoms with E-state index in [1.807, 2.05) is 4.68 Å². The summed E-state index contributed by atoms with van der Waals surface area (Å²) in [4.78, 5) is 34.1. The van der Waals surface area contributed by atoms with Crippen LogP contribution in [0.3, 0.4) is 0 Å². The van der Waals surface area contributed by atoms with Crippen molar-refractivity contribution >= 4 is 29.9 Å². The predicted octanol–water partition coefficient (Wildman–Crippen LogP) is 1.58. The molecule has 3 amide bonds. The smallest absolute Gasteiger partial charge is 0.406 e. The van der Waals surface area contributed by atoms with Gasteiger partial charge in [-0.25, -0.2) is 14.3 Å². The van der Waals surface area contributed by atoms with Gasteiger partial charge in [-0.1, -0.05) is 11.6 Å². The number of aliphatic carboxylic acids is 1. The van der Waals surface area contributed by atoms with Crippen LogP contribution in [-0.4, -0.2) is 121 Å². The van der Waals surface area contributed by atoms with Gasteiger partial charge in [0.05, 0.1) is 82.9 Å². The number of nitrogens with zero attached hydrogens (tertiary/aromatic N) is 3. The molecule has 5 rings (SSSR count). The molecule has 4 aliphatic rings. The van der Waals surface area contributed by atoms with Crippen LogP contribution in [0.5, 0.6) is 0 Å². The molecule has 16 heteroatoms. The molecule has 2 saturated heterocycles. The van der Waals surface area contributed by atoms with Gasteiger partial charge in [0.2, 0.25) is 0 Å². The number of alkyl carbamates (subject to hydrolysis) is 1. The maximum absolute atomic E-state index is 11.9. The van der Waals surface area contributed by atoms with Gasteiger partial charge in [0.25, 0.3) is 0 Å². The van der Waals surface area contributed by atoms with E-state index in [1.54, 1.807) is 18.8 Å². The molecule has 0 radical (unpaired) electrons. The number of rotatable bonds is 20. The zero-order valence-corrected chi connectivity index (χ0v) is 27.3. The van der Waals surface area contributed by atoms with Gasteiger partial charge in [-0.3, -0.25) is 4.79 Å². The van der Waals surface area contributed by atoms with Crippen molar-refractivity contribution in [3.05, 3.63) is 11.4 Å². The fraction of sp³-hybridized carbons (Fsp3) is 0.833. The molecular weight excluding hydrogens is 620 g/mol. The second kappa shape index (κ2) is 17.5. The number of unbranched alkanes of at least 4 members (excludes halogenated alkanes) is 1. The van der Waals surface area contributed by atoms with E-state index in [0.29, 0.717) is 83.6 Å². The van der Waals surface area contributed by atoms with Gasteiger partial charge < -0.3 is 44.7 Å². The molecule has 0 spiro atoms. The van der Waals surface area contributed by atoms with Gasteiger partial charge >= 0.3 is 18.1 Å². The molecule has 3 unspecified atom stereocenters. The van der Waals surface area contributed by atoms with Gasteiger partial charge in [-0.05, 0) is 56.3 Å². The average Bonchev–Trinajstić information content (AvgIpc) is 3.26. The number of aromatic nitrogens is 3. The highest BCUT2D eigenvalue weighted by Gasteiger charge is 2.51. The first kappa shape index (κ1) is 34.7. The number of ether oxygens (including phenoxy) is 5. The third kappa shape index (κ3) is 9.69. The quantitative estimate of drug-likeness (QED) is 0.116. The molecule has 1 saturated carbocycles. The molecule has 3 heterocycles. The highest BCUT2D eigenvalue weighted by Crippen LogP contribution is 2.53. The van der Waals surface area contributed by atoms with Crippen LogP contribution < -0.4 is 16.0 Å². The van der Waals surface area contributed by atoms with Gasteiger partial charge in [0.15, 0.2) is 0 Å². The Morgan fingerprint density at radius 3 is 2.41 bits per heavy atom. The molecule has 2 aliphatic carbocycles. The van der Waals surface area contributed by atoms with Gasteiger partial charge in [-0.15, -0.1) is 16.9 Å². The summed E-state index contributed by atoms with van der Waals surface area (Å²) in [5, 5.41) is 26.3. The number of nitrogens with one attached hydrogen (secondary N) is 3. The lowest BCUT2D eigenvalue weighted by Gasteiger charge is -2.17. The van der Waals surface area contributed by atoms with Crippen LogP contribution in [-0.2, 0) is 47.9 Å². The van der Waals surface area contributed by atoms with Gasteiger partial charge in [0, 0.05) is 18.7 Å². The first-order valence-corrected chi connectivity index (χ1v) is 17.4. The fourth-order valence-electron chi connectivity index (χ4n) is 6.85. The van der Waals surface area contributed by atoms with Crippen molar-refractivity contribution in [3.63, 3.8) is 0 Å². The normalized spacial score (nSPS) is 27.8. The lowest BCUT2D eigenvalue weighted by Crippen LogP contribution is -2.40. The molecule has 1 aromatic heterocycles. The number of urea groups is 1. The number of hydrogen-bond donors (Lipinski definition) is 4. The lowest BCUT2D eigenvalue weighted by molar-refractivity contribution is -0.137. The third-order valence-electron chi connectivity index (χ3n) is 9.28. The van der Waals surface area contributed by atoms with Crippen molar-refractivity contribution in [1.82, 2.24) is 30.9 Å². The molecule has 0 bridgehead atoms. The summed E-state index contributed by atoms with van der Waals surface area (Å²) in [7, 11) is 1.58. The SMILES string of the molecule is CNC(=O)OCC1C2CCc3nnn(CCOCCOCCOCCO[C@@H]4S[C@H](CCCCC(=O)O)[C@H]5NC(=O)N[C@H]54)c3CCC21. The summed E-state index contributed by atoms with van der Waals surface area (Å²) in [6, 6.07) is -0.296. The van der Waals surface area contributed by atoms with E-state index < -0.39 is 5.97 Å². The molecule has 46 heavy (non-hydrogen) atoms. The second-order valence-electron chi connectivity index (χ2n) is 12.2. The highest BCUT2D eigenvalue weighted by atomic mass is 32.2. The monoisotopic (exact) mass is 668 g/mol. The Balaban J connectivity index is 0.866. The number of carbonyl (C=O) groups is 3. The van der Waals surface area contributed by atoms with E-state index in [0.717, 1.165) is 44.2 Å². The zero-order chi connectivity index (χ0) is 32.3. The maximum Gasteiger partial charge on any atom is 0.406 e. The van der Waals surface area contributed by atoms with Crippen LogP contribution in [0.15, 0.2) is 0 Å². The second-order valence-corrected chi connectivity index (χ2v) is 13.5. The number of aryl methyl sites for hydroxylation is 1. The number of thioether (sulfide) groups is 1. The summed E-state index contributed by atoms with van der Waals surface area (Å²) in [6.07, 6.45) is 6.02. The molecule has 4 N–H and O–H groups in total. The first-order valence-electron chi connectivity index (χ1n) is 16.5. The largest absolute Gasteiger partial charge is 0.481 e. The number of carboxylic acid groups (broad SMARTS) is 1. The van der Waals surface area contributed by atoms with Crippen LogP contribution >= 0.6 is 11.8 Å².